The molecule has 1 heterocycles. The van der Waals surface area contributed by atoms with Crippen LogP contribution in [0.25, 0.3) is 11.3 Å². The Bertz CT molecular complexity index is 861. The molecule has 0 radical (unpaired) electrons. The van der Waals surface area contributed by atoms with Gasteiger partial charge in [-0.2, -0.15) is 0 Å². The molecule has 2 aromatic carbocycles. The molecule has 8 nitrogen and oxygen atoms in total. The molecular formula is C15H12N4O4. The Morgan fingerprint density at radius 2 is 1.91 bits per heavy atom. The number of phenols is 2. The van der Waals surface area contributed by atoms with Crippen LogP contribution in [0, 0.1) is 10.1 Å². The lowest BCUT2D eigenvalue weighted by molar-refractivity contribution is -0.385. The van der Waals surface area contributed by atoms with Gasteiger partial charge in [-0.25, -0.2) is 4.68 Å². The second-order valence-electron chi connectivity index (χ2n) is 4.91. The van der Waals surface area contributed by atoms with E-state index in [0.29, 0.717) is 17.8 Å². The molecule has 8 heteroatoms. The van der Waals surface area contributed by atoms with E-state index in [9.17, 15) is 20.3 Å². The third-order valence-corrected chi connectivity index (χ3v) is 3.29. The van der Waals surface area contributed by atoms with Crippen LogP contribution in [0.4, 0.5) is 5.69 Å². The zero-order valence-electron chi connectivity index (χ0n) is 11.8. The Morgan fingerprint density at radius 1 is 1.17 bits per heavy atom. The van der Waals surface area contributed by atoms with Crippen molar-refractivity contribution in [1.82, 2.24) is 15.0 Å². The van der Waals surface area contributed by atoms with Gasteiger partial charge in [-0.1, -0.05) is 35.5 Å². The molecule has 3 rings (SSSR count). The highest BCUT2D eigenvalue weighted by Gasteiger charge is 2.20. The Morgan fingerprint density at radius 3 is 2.61 bits per heavy atom. The van der Waals surface area contributed by atoms with Gasteiger partial charge in [0.25, 0.3) is 0 Å². The second kappa shape index (κ2) is 5.76. The average Bonchev–Trinajstić information content (AvgIpc) is 2.99. The lowest BCUT2D eigenvalue weighted by Gasteiger charge is -2.02. The van der Waals surface area contributed by atoms with Crippen LogP contribution in [0.5, 0.6) is 11.5 Å². The topological polar surface area (TPSA) is 114 Å². The first-order chi connectivity index (χ1) is 11.0. The van der Waals surface area contributed by atoms with Crippen LogP contribution in [0.2, 0.25) is 0 Å². The van der Waals surface area contributed by atoms with Crippen molar-refractivity contribution < 1.29 is 15.1 Å². The maximum Gasteiger partial charge on any atom is 0.315 e. The third-order valence-electron chi connectivity index (χ3n) is 3.29. The molecule has 0 aliphatic rings. The quantitative estimate of drug-likeness (QED) is 0.434. The van der Waals surface area contributed by atoms with E-state index in [2.05, 4.69) is 10.3 Å². The zero-order valence-corrected chi connectivity index (χ0v) is 11.8. The molecule has 0 aliphatic heterocycles. The van der Waals surface area contributed by atoms with E-state index in [4.69, 9.17) is 0 Å². The number of aromatic hydroxyl groups is 2. The van der Waals surface area contributed by atoms with Crippen LogP contribution in [-0.2, 0) is 6.54 Å². The normalized spacial score (nSPS) is 10.6. The first kappa shape index (κ1) is 14.5. The smallest absolute Gasteiger partial charge is 0.315 e. The number of nitro benzene ring substituents is 1. The van der Waals surface area contributed by atoms with Crippen molar-refractivity contribution in [2.24, 2.45) is 0 Å². The van der Waals surface area contributed by atoms with Gasteiger partial charge in [-0.05, 0) is 11.6 Å². The molecule has 1 aromatic heterocycles. The summed E-state index contributed by atoms with van der Waals surface area (Å²) in [5, 5.41) is 37.9. The van der Waals surface area contributed by atoms with Gasteiger partial charge in [0.15, 0.2) is 5.75 Å². The molecule has 0 bridgehead atoms. The fraction of sp³-hybridized carbons (Fsp3) is 0.0667. The minimum absolute atomic E-state index is 0.298. The molecule has 116 valence electrons. The van der Waals surface area contributed by atoms with Gasteiger partial charge >= 0.3 is 5.69 Å². The Balaban J connectivity index is 1.93. The summed E-state index contributed by atoms with van der Waals surface area (Å²) in [6.45, 7) is 0.500. The zero-order chi connectivity index (χ0) is 16.4. The van der Waals surface area contributed by atoms with E-state index in [1.165, 1.54) is 6.07 Å². The molecule has 3 aromatic rings. The summed E-state index contributed by atoms with van der Waals surface area (Å²) in [7, 11) is 0. The summed E-state index contributed by atoms with van der Waals surface area (Å²) in [4.78, 5) is 10.1. The van der Waals surface area contributed by atoms with Gasteiger partial charge in [0.2, 0.25) is 5.75 Å². The molecule has 0 saturated heterocycles. The van der Waals surface area contributed by atoms with Crippen molar-refractivity contribution in [1.29, 1.82) is 0 Å². The molecule has 0 saturated carbocycles. The second-order valence-corrected chi connectivity index (χ2v) is 4.91. The molecular weight excluding hydrogens is 300 g/mol. The highest BCUT2D eigenvalue weighted by molar-refractivity contribution is 5.69. The number of hydrogen-bond donors (Lipinski definition) is 2. The summed E-state index contributed by atoms with van der Waals surface area (Å²) in [6, 6.07) is 12.0. The van der Waals surface area contributed by atoms with Crippen LogP contribution in [0.15, 0.2) is 48.7 Å². The van der Waals surface area contributed by atoms with Crippen molar-refractivity contribution in [3.63, 3.8) is 0 Å². The summed E-state index contributed by atoms with van der Waals surface area (Å²) in [5.74, 6) is -1.35. The maximum atomic E-state index is 10.9. The first-order valence-corrected chi connectivity index (χ1v) is 6.69. The van der Waals surface area contributed by atoms with Crippen LogP contribution < -0.4 is 0 Å². The minimum Gasteiger partial charge on any atom is -0.504 e. The lowest BCUT2D eigenvalue weighted by atomic mass is 10.1. The molecule has 0 atom stereocenters. The van der Waals surface area contributed by atoms with Gasteiger partial charge in [0.05, 0.1) is 17.7 Å². The van der Waals surface area contributed by atoms with Crippen molar-refractivity contribution in [3.05, 3.63) is 64.3 Å². The summed E-state index contributed by atoms with van der Waals surface area (Å²) >= 11 is 0. The van der Waals surface area contributed by atoms with Gasteiger partial charge in [0.1, 0.15) is 5.69 Å². The largest absolute Gasteiger partial charge is 0.504 e. The Labute approximate surface area is 130 Å². The monoisotopic (exact) mass is 312 g/mol. The number of hydrogen-bond acceptors (Lipinski definition) is 6. The molecule has 0 unspecified atom stereocenters. The van der Waals surface area contributed by atoms with E-state index >= 15 is 0 Å². The number of nitro groups is 1. The molecule has 23 heavy (non-hydrogen) atoms. The van der Waals surface area contributed by atoms with Crippen molar-refractivity contribution in [2.75, 3.05) is 0 Å². The molecule has 0 fully saturated rings. The minimum atomic E-state index is -0.771. The van der Waals surface area contributed by atoms with Crippen LogP contribution >= 0.6 is 0 Å². The number of benzene rings is 2. The SMILES string of the molecule is O=[N+]([O-])c1cc(-c2cn(Cc3ccccc3)nn2)cc(O)c1O. The number of phenolic OH excluding ortho intramolecular Hbond substituents is 2. The molecule has 2 N–H and O–H groups in total. The van der Waals surface area contributed by atoms with Gasteiger partial charge < -0.3 is 10.2 Å². The van der Waals surface area contributed by atoms with Gasteiger partial charge in [0, 0.05) is 11.6 Å². The predicted molar refractivity (Wildman–Crippen MR) is 81.0 cm³/mol. The van der Waals surface area contributed by atoms with Gasteiger partial charge in [-0.15, -0.1) is 5.10 Å². The Kier molecular flexibility index (Phi) is 3.63. The van der Waals surface area contributed by atoms with E-state index in [0.717, 1.165) is 11.6 Å². The lowest BCUT2D eigenvalue weighted by Crippen LogP contribution is -1.99. The number of aromatic nitrogens is 3. The van der Waals surface area contributed by atoms with Crippen LogP contribution in [-0.4, -0.2) is 30.1 Å². The molecule has 0 spiro atoms. The molecule has 0 aliphatic carbocycles. The summed E-state index contributed by atoms with van der Waals surface area (Å²) < 4.78 is 1.58. The van der Waals surface area contributed by atoms with E-state index < -0.39 is 22.1 Å². The summed E-state index contributed by atoms with van der Waals surface area (Å²) in [5.41, 5.74) is 1.10. The van der Waals surface area contributed by atoms with Crippen molar-refractivity contribution in [2.45, 2.75) is 6.54 Å². The fourth-order valence-corrected chi connectivity index (χ4v) is 2.17. The molecule has 0 amide bonds. The highest BCUT2D eigenvalue weighted by atomic mass is 16.6. The highest BCUT2D eigenvalue weighted by Crippen LogP contribution is 2.38. The van der Waals surface area contributed by atoms with Crippen molar-refractivity contribution >= 4 is 5.69 Å². The number of rotatable bonds is 4. The third kappa shape index (κ3) is 2.95. The van der Waals surface area contributed by atoms with E-state index in [1.54, 1.807) is 10.9 Å². The van der Waals surface area contributed by atoms with Crippen molar-refractivity contribution in [3.8, 4) is 22.8 Å². The number of nitrogens with zero attached hydrogens (tertiary/aromatic N) is 4. The van der Waals surface area contributed by atoms with E-state index in [1.807, 2.05) is 30.3 Å². The maximum absolute atomic E-state index is 10.9. The predicted octanol–water partition coefficient (Wildman–Crippen LogP) is 2.31. The van der Waals surface area contributed by atoms with Gasteiger partial charge in [-0.3, -0.25) is 10.1 Å². The standard InChI is InChI=1S/C15H12N4O4/c20-14-7-11(6-13(15(14)21)19(22)23)12-9-18(17-16-12)8-10-4-2-1-3-5-10/h1-7,9,20-21H,8H2. The van der Waals surface area contributed by atoms with Crippen LogP contribution in [0.1, 0.15) is 5.56 Å². The fourth-order valence-electron chi connectivity index (χ4n) is 2.17. The average molecular weight is 312 g/mol. The van der Waals surface area contributed by atoms with E-state index in [-0.39, 0.29) is 0 Å². The first-order valence-electron chi connectivity index (χ1n) is 6.69. The van der Waals surface area contributed by atoms with Crippen LogP contribution in [0.3, 0.4) is 0 Å². The Hall–Kier alpha value is -3.42. The summed E-state index contributed by atoms with van der Waals surface area (Å²) in [6.07, 6.45) is 1.61.